The van der Waals surface area contributed by atoms with Crippen molar-refractivity contribution in [3.8, 4) is 0 Å². The van der Waals surface area contributed by atoms with Gasteiger partial charge in [-0.3, -0.25) is 4.55 Å². The van der Waals surface area contributed by atoms with E-state index in [1.54, 1.807) is 0 Å². The Morgan fingerprint density at radius 1 is 0.640 bits per heavy atom. The largest absolute Gasteiger partial charge is 0.384 e. The molecule has 0 aliphatic heterocycles. The van der Waals surface area contributed by atoms with E-state index in [0.717, 1.165) is 0 Å². The number of halogens is 13. The van der Waals surface area contributed by atoms with Crippen molar-refractivity contribution in [3.05, 3.63) is 0 Å². The number of alkyl halides is 13. The van der Waals surface area contributed by atoms with Gasteiger partial charge in [0.1, 0.15) is 0 Å². The molecule has 0 aromatic rings. The van der Waals surface area contributed by atoms with Gasteiger partial charge in [0.05, 0.1) is 0 Å². The lowest BCUT2D eigenvalue weighted by Crippen LogP contribution is -2.70. The standard InChI is InChI=1S/C7H3F13O3S.H3N/c8-1(9)3(11,12)5(15,16)7(19,20)6(17,18)4(13,14)2(10)24(21,22)23;/h1-2H,(H,21,22,23);1H3. The monoisotopic (exact) mass is 431 g/mol. The van der Waals surface area contributed by atoms with Crippen molar-refractivity contribution >= 4 is 10.1 Å². The van der Waals surface area contributed by atoms with E-state index in [-0.39, 0.29) is 6.15 Å². The third kappa shape index (κ3) is 3.60. The summed E-state index contributed by atoms with van der Waals surface area (Å²) in [5.74, 6) is -38.6. The van der Waals surface area contributed by atoms with Crippen LogP contribution in [0.1, 0.15) is 0 Å². The number of hydrogen-bond acceptors (Lipinski definition) is 3. The van der Waals surface area contributed by atoms with Crippen LogP contribution in [0.4, 0.5) is 57.1 Å². The fourth-order valence-electron chi connectivity index (χ4n) is 1.08. The maximum atomic E-state index is 12.9. The van der Waals surface area contributed by atoms with E-state index in [9.17, 15) is 65.5 Å². The maximum Gasteiger partial charge on any atom is 0.384 e. The van der Waals surface area contributed by atoms with E-state index < -0.39 is 51.7 Å². The average Bonchev–Trinajstić information content (AvgIpc) is 2.35. The summed E-state index contributed by atoms with van der Waals surface area (Å²) in [5.41, 5.74) is -5.66. The van der Waals surface area contributed by atoms with E-state index in [1.807, 2.05) is 0 Å². The van der Waals surface area contributed by atoms with Gasteiger partial charge in [-0.05, 0) is 0 Å². The molecule has 25 heavy (non-hydrogen) atoms. The molecule has 4 nitrogen and oxygen atoms in total. The first kappa shape index (κ1) is 26.2. The lowest BCUT2D eigenvalue weighted by atomic mass is 9.95. The molecule has 0 aliphatic rings. The molecule has 0 amide bonds. The van der Waals surface area contributed by atoms with Crippen molar-refractivity contribution in [3.63, 3.8) is 0 Å². The zero-order valence-electron chi connectivity index (χ0n) is 10.9. The first-order valence-corrected chi connectivity index (χ1v) is 6.38. The highest BCUT2D eigenvalue weighted by molar-refractivity contribution is 7.86. The van der Waals surface area contributed by atoms with Crippen LogP contribution in [0.5, 0.6) is 0 Å². The summed E-state index contributed by atoms with van der Waals surface area (Å²) < 4.78 is 191. The Kier molecular flexibility index (Phi) is 6.91. The van der Waals surface area contributed by atoms with Gasteiger partial charge in [-0.25, -0.2) is 13.2 Å². The molecule has 0 aromatic heterocycles. The average molecular weight is 431 g/mol. The normalized spacial score (nSPS) is 16.6. The van der Waals surface area contributed by atoms with Gasteiger partial charge in [0.25, 0.3) is 5.50 Å². The van der Waals surface area contributed by atoms with Gasteiger partial charge in [-0.2, -0.15) is 52.3 Å². The number of hydrogen-bond donors (Lipinski definition) is 2. The molecule has 0 saturated carbocycles. The zero-order chi connectivity index (χ0) is 20.2. The molecule has 0 fully saturated rings. The third-order valence-corrected chi connectivity index (χ3v) is 3.27. The van der Waals surface area contributed by atoms with Crippen LogP contribution >= 0.6 is 0 Å². The van der Waals surface area contributed by atoms with Crippen LogP contribution in [0.15, 0.2) is 0 Å². The Morgan fingerprint density at radius 2 is 0.920 bits per heavy atom. The van der Waals surface area contributed by atoms with Crippen molar-refractivity contribution in [1.82, 2.24) is 6.15 Å². The fraction of sp³-hybridized carbons (Fsp3) is 1.00. The Balaban J connectivity index is 0. The number of rotatable bonds is 7. The Bertz CT molecular complexity index is 574. The van der Waals surface area contributed by atoms with Crippen molar-refractivity contribution in [2.24, 2.45) is 0 Å². The highest BCUT2D eigenvalue weighted by Crippen LogP contribution is 2.59. The molecule has 1 atom stereocenters. The van der Waals surface area contributed by atoms with Gasteiger partial charge in [0.2, 0.25) is 0 Å². The lowest BCUT2D eigenvalue weighted by Gasteiger charge is -2.39. The molecule has 0 aliphatic carbocycles. The topological polar surface area (TPSA) is 89.4 Å². The molecule has 0 aromatic carbocycles. The van der Waals surface area contributed by atoms with E-state index >= 15 is 0 Å². The predicted molar refractivity (Wildman–Crippen MR) is 52.2 cm³/mol. The van der Waals surface area contributed by atoms with E-state index in [2.05, 4.69) is 0 Å². The zero-order valence-corrected chi connectivity index (χ0v) is 11.8. The molecule has 0 radical (unpaired) electrons. The maximum absolute atomic E-state index is 12.9. The molecule has 0 rings (SSSR count). The van der Waals surface area contributed by atoms with Crippen molar-refractivity contribution in [2.75, 3.05) is 0 Å². The van der Waals surface area contributed by atoms with Crippen LogP contribution in [0.2, 0.25) is 0 Å². The highest BCUT2D eigenvalue weighted by Gasteiger charge is 2.89. The summed E-state index contributed by atoms with van der Waals surface area (Å²) in [6.45, 7) is 0. The van der Waals surface area contributed by atoms with Crippen LogP contribution in [0.3, 0.4) is 0 Å². The Morgan fingerprint density at radius 3 is 1.16 bits per heavy atom. The SMILES string of the molecule is N.O=S(=O)(O)C(F)C(F)(F)C(F)(F)C(F)(F)C(F)(F)C(F)(F)C(F)F. The highest BCUT2D eigenvalue weighted by atomic mass is 32.2. The summed E-state index contributed by atoms with van der Waals surface area (Å²) in [4.78, 5) is 0. The second-order valence-corrected chi connectivity index (χ2v) is 5.54. The van der Waals surface area contributed by atoms with E-state index in [0.29, 0.717) is 0 Å². The van der Waals surface area contributed by atoms with E-state index in [1.165, 1.54) is 0 Å². The molecule has 18 heteroatoms. The first-order valence-electron chi connectivity index (χ1n) is 4.87. The second-order valence-electron chi connectivity index (χ2n) is 4.10. The van der Waals surface area contributed by atoms with Gasteiger partial charge in [-0.15, -0.1) is 0 Å². The summed E-state index contributed by atoms with van der Waals surface area (Å²) in [7, 11) is -6.91. The van der Waals surface area contributed by atoms with Gasteiger partial charge in [0.15, 0.2) is 0 Å². The third-order valence-electron chi connectivity index (χ3n) is 2.45. The minimum absolute atomic E-state index is 0. The molecule has 0 heterocycles. The van der Waals surface area contributed by atoms with Crippen LogP contribution < -0.4 is 6.15 Å². The molecule has 154 valence electrons. The minimum Gasteiger partial charge on any atom is -0.344 e. The quantitative estimate of drug-likeness (QED) is 0.475. The minimum atomic E-state index is -8.07. The molecule has 0 spiro atoms. The van der Waals surface area contributed by atoms with Crippen molar-refractivity contribution in [1.29, 1.82) is 0 Å². The summed E-state index contributed by atoms with van der Waals surface area (Å²) in [6, 6.07) is 0. The van der Waals surface area contributed by atoms with Gasteiger partial charge in [-0.1, -0.05) is 0 Å². The smallest absolute Gasteiger partial charge is 0.344 e. The predicted octanol–water partition coefficient (Wildman–Crippen LogP) is 3.77. The summed E-state index contributed by atoms with van der Waals surface area (Å²) in [5, 5.41) is 0. The van der Waals surface area contributed by atoms with E-state index in [4.69, 9.17) is 4.55 Å². The first-order chi connectivity index (χ1) is 10.1. The lowest BCUT2D eigenvalue weighted by molar-refractivity contribution is -0.415. The molecular formula is C7H6F13NO3S. The second kappa shape index (κ2) is 6.60. The van der Waals surface area contributed by atoms with Crippen molar-refractivity contribution in [2.45, 2.75) is 41.5 Å². The molecule has 0 saturated heterocycles. The molecule has 0 bridgehead atoms. The summed E-state index contributed by atoms with van der Waals surface area (Å²) >= 11 is 0. The van der Waals surface area contributed by atoms with Gasteiger partial charge < -0.3 is 6.15 Å². The van der Waals surface area contributed by atoms with Gasteiger partial charge in [0, 0.05) is 0 Å². The van der Waals surface area contributed by atoms with Crippen LogP contribution in [-0.2, 0) is 10.1 Å². The molecule has 4 N–H and O–H groups in total. The summed E-state index contributed by atoms with van der Waals surface area (Å²) in [6.07, 6.45) is -5.74. The van der Waals surface area contributed by atoms with Crippen LogP contribution in [0, 0.1) is 0 Å². The Labute approximate surface area is 129 Å². The molecule has 1 unspecified atom stereocenters. The van der Waals surface area contributed by atoms with Gasteiger partial charge >= 0.3 is 46.2 Å². The Hall–Kier alpha value is -1.04. The molecular weight excluding hydrogens is 425 g/mol. The van der Waals surface area contributed by atoms with Crippen LogP contribution in [0.25, 0.3) is 0 Å². The van der Waals surface area contributed by atoms with Crippen LogP contribution in [-0.4, -0.2) is 54.5 Å². The fourth-order valence-corrected chi connectivity index (χ4v) is 1.60. The van der Waals surface area contributed by atoms with Crippen molar-refractivity contribution < 1.29 is 70.0 Å².